The summed E-state index contributed by atoms with van der Waals surface area (Å²) in [5.74, 6) is 1.09. The first-order chi connectivity index (χ1) is 9.03. The number of likely N-dealkylation sites (N-methyl/N-ethyl adjacent to an activating group) is 1. The summed E-state index contributed by atoms with van der Waals surface area (Å²) in [6, 6.07) is 3.05. The van der Waals surface area contributed by atoms with Gasteiger partial charge < -0.3 is 24.8 Å². The summed E-state index contributed by atoms with van der Waals surface area (Å²) in [5, 5.41) is 11.5. The number of hydrogen-bond donors (Lipinski definition) is 2. The molecule has 0 radical (unpaired) electrons. The Hall–Kier alpha value is -1.47. The number of carbonyl (C=O) groups is 1. The zero-order valence-electron chi connectivity index (χ0n) is 11.1. The van der Waals surface area contributed by atoms with E-state index < -0.39 is 0 Å². The second-order valence-electron chi connectivity index (χ2n) is 3.76. The molecule has 1 aromatic carbocycles. The zero-order chi connectivity index (χ0) is 14.4. The molecule has 0 aliphatic rings. The first-order valence-corrected chi connectivity index (χ1v) is 6.37. The van der Waals surface area contributed by atoms with Gasteiger partial charge in [0.05, 0.1) is 26.5 Å². The van der Waals surface area contributed by atoms with Crippen LogP contribution in [0.5, 0.6) is 11.5 Å². The standard InChI is InChI=1S/C12H17BrN2O4/c1-15(4-5-16)12(17)14-9-7-11(19-3)10(18-2)6-8(9)13/h6-7,16H,4-5H2,1-3H3,(H,14,17). The number of anilines is 1. The molecular weight excluding hydrogens is 316 g/mol. The molecule has 1 rings (SSSR count). The van der Waals surface area contributed by atoms with Gasteiger partial charge in [-0.1, -0.05) is 0 Å². The van der Waals surface area contributed by atoms with Crippen molar-refractivity contribution in [3.05, 3.63) is 16.6 Å². The van der Waals surface area contributed by atoms with Gasteiger partial charge in [-0.05, 0) is 15.9 Å². The first kappa shape index (κ1) is 15.6. The number of carbonyl (C=O) groups excluding carboxylic acids is 1. The van der Waals surface area contributed by atoms with E-state index in [-0.39, 0.29) is 19.2 Å². The van der Waals surface area contributed by atoms with Gasteiger partial charge in [-0.3, -0.25) is 0 Å². The molecule has 2 amide bonds. The van der Waals surface area contributed by atoms with Crippen LogP contribution < -0.4 is 14.8 Å². The number of nitrogens with one attached hydrogen (secondary N) is 1. The highest BCUT2D eigenvalue weighted by Gasteiger charge is 2.13. The third-order valence-corrected chi connectivity index (χ3v) is 3.15. The van der Waals surface area contributed by atoms with E-state index in [1.165, 1.54) is 19.1 Å². The average molecular weight is 333 g/mol. The van der Waals surface area contributed by atoms with E-state index >= 15 is 0 Å². The van der Waals surface area contributed by atoms with Crippen LogP contribution in [0, 0.1) is 0 Å². The molecule has 0 bridgehead atoms. The van der Waals surface area contributed by atoms with E-state index in [1.807, 2.05) is 0 Å². The van der Waals surface area contributed by atoms with Gasteiger partial charge in [0.1, 0.15) is 0 Å². The highest BCUT2D eigenvalue weighted by Crippen LogP contribution is 2.36. The fraction of sp³-hybridized carbons (Fsp3) is 0.417. The largest absolute Gasteiger partial charge is 0.493 e. The molecule has 1 aromatic rings. The Morgan fingerprint density at radius 2 is 1.95 bits per heavy atom. The van der Waals surface area contributed by atoms with Crippen LogP contribution in [-0.2, 0) is 0 Å². The molecule has 7 heteroatoms. The number of hydrogen-bond acceptors (Lipinski definition) is 4. The molecular formula is C12H17BrN2O4. The Kier molecular flexibility index (Phi) is 5.91. The van der Waals surface area contributed by atoms with E-state index in [2.05, 4.69) is 21.2 Å². The lowest BCUT2D eigenvalue weighted by Gasteiger charge is -2.18. The topological polar surface area (TPSA) is 71.0 Å². The summed E-state index contributed by atoms with van der Waals surface area (Å²) in [5.41, 5.74) is 0.562. The minimum Gasteiger partial charge on any atom is -0.493 e. The molecule has 0 spiro atoms. The number of urea groups is 1. The van der Waals surface area contributed by atoms with Crippen LogP contribution in [0.2, 0.25) is 0 Å². The van der Waals surface area contributed by atoms with Crippen LogP contribution in [0.4, 0.5) is 10.5 Å². The van der Waals surface area contributed by atoms with Crippen LogP contribution in [0.25, 0.3) is 0 Å². The predicted molar refractivity (Wildman–Crippen MR) is 76.0 cm³/mol. The van der Waals surface area contributed by atoms with Gasteiger partial charge in [-0.15, -0.1) is 0 Å². The quantitative estimate of drug-likeness (QED) is 0.864. The summed E-state index contributed by atoms with van der Waals surface area (Å²) in [4.78, 5) is 13.2. The summed E-state index contributed by atoms with van der Waals surface area (Å²) >= 11 is 3.35. The lowest BCUT2D eigenvalue weighted by Crippen LogP contribution is -2.33. The number of aliphatic hydroxyl groups excluding tert-OH is 1. The van der Waals surface area contributed by atoms with Crippen LogP contribution in [0.15, 0.2) is 16.6 Å². The molecule has 0 aliphatic heterocycles. The number of methoxy groups -OCH3 is 2. The molecule has 0 aromatic heterocycles. The Labute approximate surface area is 120 Å². The highest BCUT2D eigenvalue weighted by molar-refractivity contribution is 9.10. The Morgan fingerprint density at radius 3 is 2.47 bits per heavy atom. The molecule has 0 unspecified atom stereocenters. The van der Waals surface area contributed by atoms with Crippen molar-refractivity contribution in [3.63, 3.8) is 0 Å². The number of amides is 2. The number of halogens is 1. The first-order valence-electron chi connectivity index (χ1n) is 5.58. The average Bonchev–Trinajstić information content (AvgIpc) is 2.40. The normalized spacial score (nSPS) is 9.95. The molecule has 2 N–H and O–H groups in total. The summed E-state index contributed by atoms with van der Waals surface area (Å²) < 4.78 is 11.0. The molecule has 0 saturated heterocycles. The fourth-order valence-corrected chi connectivity index (χ4v) is 1.83. The number of benzene rings is 1. The number of aliphatic hydroxyl groups is 1. The Balaban J connectivity index is 2.92. The lowest BCUT2D eigenvalue weighted by molar-refractivity contribution is 0.202. The van der Waals surface area contributed by atoms with Crippen molar-refractivity contribution in [2.24, 2.45) is 0 Å². The lowest BCUT2D eigenvalue weighted by atomic mass is 10.2. The molecule has 0 atom stereocenters. The molecule has 0 saturated carbocycles. The summed E-state index contributed by atoms with van der Waals surface area (Å²) in [6.07, 6.45) is 0. The van der Waals surface area contributed by atoms with Crippen molar-refractivity contribution >= 4 is 27.6 Å². The van der Waals surface area contributed by atoms with Gasteiger partial charge in [0.25, 0.3) is 0 Å². The van der Waals surface area contributed by atoms with Crippen molar-refractivity contribution in [1.82, 2.24) is 4.90 Å². The maximum Gasteiger partial charge on any atom is 0.321 e. The monoisotopic (exact) mass is 332 g/mol. The zero-order valence-corrected chi connectivity index (χ0v) is 12.7. The van der Waals surface area contributed by atoms with Crippen LogP contribution in [0.3, 0.4) is 0 Å². The van der Waals surface area contributed by atoms with Crippen LogP contribution in [0.1, 0.15) is 0 Å². The molecule has 6 nitrogen and oxygen atoms in total. The number of ether oxygens (including phenoxy) is 2. The number of nitrogens with zero attached hydrogens (tertiary/aromatic N) is 1. The van der Waals surface area contributed by atoms with Gasteiger partial charge in [-0.2, -0.15) is 0 Å². The van der Waals surface area contributed by atoms with Crippen molar-refractivity contribution in [2.75, 3.05) is 39.7 Å². The number of rotatable bonds is 5. The van der Waals surface area contributed by atoms with Gasteiger partial charge in [0.15, 0.2) is 11.5 Å². The third-order valence-electron chi connectivity index (χ3n) is 2.50. The molecule has 0 fully saturated rings. The smallest absolute Gasteiger partial charge is 0.321 e. The van der Waals surface area contributed by atoms with Crippen molar-refractivity contribution < 1.29 is 19.4 Å². The fourth-order valence-electron chi connectivity index (χ4n) is 1.41. The second kappa shape index (κ2) is 7.20. The van der Waals surface area contributed by atoms with Crippen molar-refractivity contribution in [3.8, 4) is 11.5 Å². The van der Waals surface area contributed by atoms with Crippen LogP contribution >= 0.6 is 15.9 Å². The van der Waals surface area contributed by atoms with E-state index in [4.69, 9.17) is 14.6 Å². The van der Waals surface area contributed by atoms with Crippen molar-refractivity contribution in [2.45, 2.75) is 0 Å². The van der Waals surface area contributed by atoms with Crippen molar-refractivity contribution in [1.29, 1.82) is 0 Å². The predicted octanol–water partition coefficient (Wildman–Crippen LogP) is 1.92. The molecule has 19 heavy (non-hydrogen) atoms. The van der Waals surface area contributed by atoms with E-state index in [9.17, 15) is 4.79 Å². The van der Waals surface area contributed by atoms with Gasteiger partial charge in [-0.25, -0.2) is 4.79 Å². The maximum absolute atomic E-state index is 11.8. The minimum atomic E-state index is -0.318. The minimum absolute atomic E-state index is 0.0863. The van der Waals surface area contributed by atoms with Crippen LogP contribution in [-0.4, -0.2) is 50.5 Å². The SMILES string of the molecule is COc1cc(Br)c(NC(=O)N(C)CCO)cc1OC. The van der Waals surface area contributed by atoms with E-state index in [0.717, 1.165) is 0 Å². The van der Waals surface area contributed by atoms with Gasteiger partial charge in [0, 0.05) is 30.2 Å². The Bertz CT molecular complexity index is 454. The molecule has 106 valence electrons. The maximum atomic E-state index is 11.8. The second-order valence-corrected chi connectivity index (χ2v) is 4.62. The summed E-state index contributed by atoms with van der Waals surface area (Å²) in [7, 11) is 4.66. The molecule has 0 heterocycles. The Morgan fingerprint density at radius 1 is 1.37 bits per heavy atom. The summed E-state index contributed by atoms with van der Waals surface area (Å²) in [6.45, 7) is 0.174. The molecule has 0 aliphatic carbocycles. The highest BCUT2D eigenvalue weighted by atomic mass is 79.9. The van der Waals surface area contributed by atoms with E-state index in [1.54, 1.807) is 19.2 Å². The van der Waals surface area contributed by atoms with Gasteiger partial charge in [0.2, 0.25) is 0 Å². The van der Waals surface area contributed by atoms with E-state index in [0.29, 0.717) is 21.7 Å². The third kappa shape index (κ3) is 4.00. The van der Waals surface area contributed by atoms with Gasteiger partial charge >= 0.3 is 6.03 Å².